The lowest BCUT2D eigenvalue weighted by Gasteiger charge is -2.35. The summed E-state index contributed by atoms with van der Waals surface area (Å²) in [7, 11) is 0. The maximum absolute atomic E-state index is 13.2. The molecule has 25 heavy (non-hydrogen) atoms. The van der Waals surface area contributed by atoms with Crippen LogP contribution >= 0.6 is 11.3 Å². The summed E-state index contributed by atoms with van der Waals surface area (Å²) in [6.45, 7) is 5.52. The quantitative estimate of drug-likeness (QED) is 0.562. The van der Waals surface area contributed by atoms with Crippen molar-refractivity contribution in [3.05, 3.63) is 20.9 Å². The maximum Gasteiger partial charge on any atom is 0.337 e. The largest absolute Gasteiger partial charge is 0.478 e. The summed E-state index contributed by atoms with van der Waals surface area (Å²) >= 11 is 1.39. The Morgan fingerprint density at radius 3 is 2.84 bits per heavy atom. The van der Waals surface area contributed by atoms with Crippen LogP contribution in [0.15, 0.2) is 0 Å². The van der Waals surface area contributed by atoms with E-state index in [4.69, 9.17) is 5.84 Å². The van der Waals surface area contributed by atoms with E-state index in [1.165, 1.54) is 11.3 Å². The second kappa shape index (κ2) is 7.05. The van der Waals surface area contributed by atoms with Crippen LogP contribution in [0.4, 0.5) is 0 Å². The molecule has 1 aromatic heterocycles. The number of hydrazine groups is 1. The molecule has 1 aromatic rings. The van der Waals surface area contributed by atoms with Crippen LogP contribution in [0.5, 0.6) is 0 Å². The number of carbonyl (C=O) groups excluding carboxylic acids is 1. The molecular formula is C18H27N3O3S. The number of carbonyl (C=O) groups is 2. The lowest BCUT2D eigenvalue weighted by atomic mass is 9.76. The van der Waals surface area contributed by atoms with E-state index >= 15 is 0 Å². The highest BCUT2D eigenvalue weighted by molar-refractivity contribution is 7.14. The third-order valence-electron chi connectivity index (χ3n) is 5.42. The molecule has 138 valence electrons. The first-order valence-corrected chi connectivity index (χ1v) is 9.78. The van der Waals surface area contributed by atoms with Gasteiger partial charge in [-0.3, -0.25) is 16.1 Å². The molecule has 3 rings (SSSR count). The number of hydrogen-bond acceptors (Lipinski definition) is 5. The van der Waals surface area contributed by atoms with E-state index in [-0.39, 0.29) is 22.9 Å². The number of nitrogens with two attached hydrogens (primary N) is 1. The smallest absolute Gasteiger partial charge is 0.337 e. The van der Waals surface area contributed by atoms with Gasteiger partial charge in [0.1, 0.15) is 4.88 Å². The van der Waals surface area contributed by atoms with Crippen LogP contribution in [0, 0.1) is 5.41 Å². The first-order chi connectivity index (χ1) is 11.8. The van der Waals surface area contributed by atoms with E-state index in [1.54, 1.807) is 0 Å². The minimum Gasteiger partial charge on any atom is -0.478 e. The van der Waals surface area contributed by atoms with E-state index in [2.05, 4.69) is 19.3 Å². The topological polar surface area (TPSA) is 95.7 Å². The normalized spacial score (nSPS) is 22.5. The number of thiophene rings is 1. The van der Waals surface area contributed by atoms with Crippen LogP contribution in [0.1, 0.15) is 70.0 Å². The van der Waals surface area contributed by atoms with Gasteiger partial charge in [-0.1, -0.05) is 13.8 Å². The Morgan fingerprint density at radius 1 is 1.40 bits per heavy atom. The van der Waals surface area contributed by atoms with Gasteiger partial charge < -0.3 is 10.0 Å². The first-order valence-electron chi connectivity index (χ1n) is 8.96. The summed E-state index contributed by atoms with van der Waals surface area (Å²) in [6.07, 6.45) is 5.52. The van der Waals surface area contributed by atoms with E-state index in [9.17, 15) is 14.7 Å². The molecule has 0 spiro atoms. The minimum atomic E-state index is -0.982. The fraction of sp³-hybridized carbons (Fsp3) is 0.667. The van der Waals surface area contributed by atoms with Crippen LogP contribution < -0.4 is 11.3 Å². The zero-order valence-electron chi connectivity index (χ0n) is 14.9. The number of nitrogens with one attached hydrogen (secondary N) is 1. The van der Waals surface area contributed by atoms with Gasteiger partial charge >= 0.3 is 5.97 Å². The van der Waals surface area contributed by atoms with Crippen LogP contribution in [0.25, 0.3) is 0 Å². The lowest BCUT2D eigenvalue weighted by Crippen LogP contribution is -2.49. The van der Waals surface area contributed by atoms with Crippen molar-refractivity contribution in [3.8, 4) is 0 Å². The Labute approximate surface area is 152 Å². The van der Waals surface area contributed by atoms with E-state index in [0.717, 1.165) is 49.0 Å². The number of rotatable bonds is 4. The average Bonchev–Trinajstić information content (AvgIpc) is 2.92. The molecule has 1 saturated heterocycles. The number of hydrogen-bond donors (Lipinski definition) is 3. The number of amides is 1. The number of fused-ring (bicyclic) bond motifs is 1. The zero-order chi connectivity index (χ0) is 18.2. The molecule has 7 heteroatoms. The summed E-state index contributed by atoms with van der Waals surface area (Å²) in [4.78, 5) is 28.5. The SMILES string of the molecule is CC1(C)CCc2sc(C(=O)N3CCCC[C@@H]3CNN)c(C(=O)O)c2C1. The number of piperidine rings is 1. The van der Waals surface area contributed by atoms with Gasteiger partial charge in [-0.05, 0) is 49.5 Å². The molecule has 0 bridgehead atoms. The summed E-state index contributed by atoms with van der Waals surface area (Å²) in [5.74, 6) is 4.34. The minimum absolute atomic E-state index is 0.0310. The molecular weight excluding hydrogens is 338 g/mol. The third-order valence-corrected chi connectivity index (χ3v) is 6.70. The van der Waals surface area contributed by atoms with Crippen molar-refractivity contribution in [1.29, 1.82) is 0 Å². The van der Waals surface area contributed by atoms with Crippen molar-refractivity contribution in [3.63, 3.8) is 0 Å². The highest BCUT2D eigenvalue weighted by Crippen LogP contribution is 2.42. The second-order valence-corrected chi connectivity index (χ2v) is 9.02. The molecule has 0 unspecified atom stereocenters. The van der Waals surface area contributed by atoms with Crippen molar-refractivity contribution in [2.75, 3.05) is 13.1 Å². The van der Waals surface area contributed by atoms with Crippen LogP contribution in [-0.4, -0.2) is 41.0 Å². The van der Waals surface area contributed by atoms with Gasteiger partial charge in [-0.15, -0.1) is 11.3 Å². The monoisotopic (exact) mass is 365 g/mol. The summed E-state index contributed by atoms with van der Waals surface area (Å²) in [5, 5.41) is 9.80. The van der Waals surface area contributed by atoms with Crippen molar-refractivity contribution in [2.45, 2.75) is 58.4 Å². The number of nitrogens with zero attached hydrogens (tertiary/aromatic N) is 1. The molecule has 2 heterocycles. The highest BCUT2D eigenvalue weighted by atomic mass is 32.1. The van der Waals surface area contributed by atoms with Crippen LogP contribution in [0.3, 0.4) is 0 Å². The Morgan fingerprint density at radius 2 is 2.16 bits per heavy atom. The highest BCUT2D eigenvalue weighted by Gasteiger charge is 2.37. The Balaban J connectivity index is 1.98. The van der Waals surface area contributed by atoms with Gasteiger partial charge in [0, 0.05) is 24.0 Å². The van der Waals surface area contributed by atoms with Crippen molar-refractivity contribution in [2.24, 2.45) is 11.3 Å². The van der Waals surface area contributed by atoms with Crippen LogP contribution in [0.2, 0.25) is 0 Å². The summed E-state index contributed by atoms with van der Waals surface area (Å²) < 4.78 is 0. The van der Waals surface area contributed by atoms with Gasteiger partial charge in [0.05, 0.1) is 5.56 Å². The average molecular weight is 365 g/mol. The van der Waals surface area contributed by atoms with Gasteiger partial charge in [0.2, 0.25) is 0 Å². The Kier molecular flexibility index (Phi) is 5.18. The zero-order valence-corrected chi connectivity index (χ0v) is 15.7. The van der Waals surface area contributed by atoms with Crippen molar-refractivity contribution >= 4 is 23.2 Å². The predicted molar refractivity (Wildman–Crippen MR) is 97.9 cm³/mol. The van der Waals surface area contributed by atoms with Crippen molar-refractivity contribution < 1.29 is 14.7 Å². The van der Waals surface area contributed by atoms with E-state index < -0.39 is 5.97 Å². The van der Waals surface area contributed by atoms with Crippen molar-refractivity contribution in [1.82, 2.24) is 10.3 Å². The standard InChI is InChI=1S/C18H27N3O3S/c1-18(2)7-6-13-12(9-18)14(17(23)24)15(25-13)16(22)21-8-4-3-5-11(21)10-20-19/h11,20H,3-10,19H2,1-2H3,(H,23,24)/t11-/m1/s1. The fourth-order valence-electron chi connectivity index (χ4n) is 4.04. The molecule has 1 fully saturated rings. The molecule has 1 atom stereocenters. The summed E-state index contributed by atoms with van der Waals surface area (Å²) in [6, 6.07) is 0.0310. The molecule has 2 aliphatic rings. The number of aromatic carboxylic acids is 1. The molecule has 4 N–H and O–H groups in total. The molecule has 6 nitrogen and oxygen atoms in total. The number of carboxylic acid groups (broad SMARTS) is 1. The number of aryl methyl sites for hydroxylation is 1. The Hall–Kier alpha value is -1.44. The predicted octanol–water partition coefficient (Wildman–Crippen LogP) is 2.42. The van der Waals surface area contributed by atoms with Crippen LogP contribution in [-0.2, 0) is 12.8 Å². The molecule has 0 saturated carbocycles. The molecule has 1 aliphatic heterocycles. The Bertz CT molecular complexity index is 681. The molecule has 0 radical (unpaired) electrons. The lowest BCUT2D eigenvalue weighted by molar-refractivity contribution is 0.0599. The number of carboxylic acids is 1. The molecule has 1 aliphatic carbocycles. The van der Waals surface area contributed by atoms with E-state index in [1.807, 2.05) is 4.90 Å². The fourth-order valence-corrected chi connectivity index (χ4v) is 5.31. The van der Waals surface area contributed by atoms with Gasteiger partial charge in [0.25, 0.3) is 5.91 Å². The number of likely N-dealkylation sites (tertiary alicyclic amines) is 1. The maximum atomic E-state index is 13.2. The first kappa shape index (κ1) is 18.4. The third kappa shape index (κ3) is 3.59. The summed E-state index contributed by atoms with van der Waals surface area (Å²) in [5.41, 5.74) is 3.86. The van der Waals surface area contributed by atoms with Gasteiger partial charge in [-0.25, -0.2) is 4.79 Å². The van der Waals surface area contributed by atoms with E-state index in [0.29, 0.717) is 18.0 Å². The van der Waals surface area contributed by atoms with Gasteiger partial charge in [-0.2, -0.15) is 0 Å². The molecule has 0 aromatic carbocycles. The molecule has 1 amide bonds. The second-order valence-electron chi connectivity index (χ2n) is 7.91. The van der Waals surface area contributed by atoms with Gasteiger partial charge in [0.15, 0.2) is 0 Å².